The number of hydrogen-bond donors (Lipinski definition) is 1. The lowest BCUT2D eigenvalue weighted by Crippen LogP contribution is -2.42. The number of carbonyl (C=O) groups is 1. The highest BCUT2D eigenvalue weighted by Gasteiger charge is 2.31. The Morgan fingerprint density at radius 2 is 2.22 bits per heavy atom. The van der Waals surface area contributed by atoms with Crippen LogP contribution in [0.15, 0.2) is 17.5 Å². The van der Waals surface area contributed by atoms with Crippen molar-refractivity contribution in [3.63, 3.8) is 0 Å². The zero-order chi connectivity index (χ0) is 17.0. The summed E-state index contributed by atoms with van der Waals surface area (Å²) in [6.45, 7) is 4.52. The van der Waals surface area contributed by atoms with Gasteiger partial charge in [-0.1, -0.05) is 19.9 Å². The summed E-state index contributed by atoms with van der Waals surface area (Å²) in [4.78, 5) is 15.4. The van der Waals surface area contributed by atoms with Crippen molar-refractivity contribution in [2.75, 3.05) is 25.1 Å². The van der Waals surface area contributed by atoms with Crippen molar-refractivity contribution in [3.05, 3.63) is 22.4 Å². The van der Waals surface area contributed by atoms with Crippen molar-refractivity contribution < 1.29 is 13.2 Å². The molecule has 0 aliphatic carbocycles. The Bertz CT molecular complexity index is 611. The third kappa shape index (κ3) is 5.58. The summed E-state index contributed by atoms with van der Waals surface area (Å²) >= 11 is 1.65. The van der Waals surface area contributed by atoms with Crippen LogP contribution in [0.2, 0.25) is 0 Å². The van der Waals surface area contributed by atoms with Crippen molar-refractivity contribution in [1.29, 1.82) is 0 Å². The lowest BCUT2D eigenvalue weighted by atomic mass is 10.0. The van der Waals surface area contributed by atoms with E-state index in [1.54, 1.807) is 11.3 Å². The maximum absolute atomic E-state index is 12.4. The number of rotatable bonds is 7. The summed E-state index contributed by atoms with van der Waals surface area (Å²) < 4.78 is 23.1. The molecule has 23 heavy (non-hydrogen) atoms. The lowest BCUT2D eigenvalue weighted by molar-refractivity contribution is -0.123. The van der Waals surface area contributed by atoms with Crippen LogP contribution >= 0.6 is 11.3 Å². The largest absolute Gasteiger partial charge is 0.347 e. The zero-order valence-electron chi connectivity index (χ0n) is 14.0. The Morgan fingerprint density at radius 1 is 1.48 bits per heavy atom. The summed E-state index contributed by atoms with van der Waals surface area (Å²) in [6, 6.07) is 4.03. The van der Waals surface area contributed by atoms with Crippen molar-refractivity contribution in [1.82, 2.24) is 10.2 Å². The fourth-order valence-corrected chi connectivity index (χ4v) is 5.52. The first kappa shape index (κ1) is 18.4. The Labute approximate surface area is 143 Å². The molecule has 0 bridgehead atoms. The molecule has 1 fully saturated rings. The molecular weight excluding hydrogens is 332 g/mol. The molecule has 0 spiro atoms. The Kier molecular flexibility index (Phi) is 6.22. The van der Waals surface area contributed by atoms with Gasteiger partial charge in [0.15, 0.2) is 9.84 Å². The predicted octanol–water partition coefficient (Wildman–Crippen LogP) is 2.07. The molecule has 0 aromatic carbocycles. The summed E-state index contributed by atoms with van der Waals surface area (Å²) in [5.41, 5.74) is 0. The smallest absolute Gasteiger partial charge is 0.234 e. The van der Waals surface area contributed by atoms with Crippen LogP contribution in [0.1, 0.15) is 37.6 Å². The highest BCUT2D eigenvalue weighted by molar-refractivity contribution is 7.91. The minimum absolute atomic E-state index is 0.0308. The molecule has 1 saturated heterocycles. The van der Waals surface area contributed by atoms with Gasteiger partial charge in [-0.2, -0.15) is 0 Å². The maximum Gasteiger partial charge on any atom is 0.234 e. The van der Waals surface area contributed by atoms with Crippen molar-refractivity contribution in [2.45, 2.75) is 38.8 Å². The molecule has 2 rings (SSSR count). The van der Waals surface area contributed by atoms with Crippen LogP contribution in [-0.2, 0) is 14.6 Å². The second-order valence-corrected chi connectivity index (χ2v) is 9.95. The monoisotopic (exact) mass is 358 g/mol. The van der Waals surface area contributed by atoms with Crippen molar-refractivity contribution >= 4 is 27.1 Å². The van der Waals surface area contributed by atoms with Gasteiger partial charge >= 0.3 is 0 Å². The van der Waals surface area contributed by atoms with Gasteiger partial charge in [0.1, 0.15) is 0 Å². The van der Waals surface area contributed by atoms with E-state index in [1.807, 2.05) is 29.5 Å². The van der Waals surface area contributed by atoms with E-state index < -0.39 is 9.84 Å². The number of thiophene rings is 1. The first-order chi connectivity index (χ1) is 10.8. The van der Waals surface area contributed by atoms with E-state index in [4.69, 9.17) is 0 Å². The second kappa shape index (κ2) is 7.77. The third-order valence-electron chi connectivity index (χ3n) is 4.15. The number of hydrogen-bond acceptors (Lipinski definition) is 5. The van der Waals surface area contributed by atoms with Gasteiger partial charge in [0.25, 0.3) is 0 Å². The number of amides is 1. The van der Waals surface area contributed by atoms with Crippen LogP contribution in [0.25, 0.3) is 0 Å². The van der Waals surface area contributed by atoms with E-state index in [1.165, 1.54) is 0 Å². The third-order valence-corrected chi connectivity index (χ3v) is 6.89. The number of nitrogens with zero attached hydrogens (tertiary/aromatic N) is 1. The molecule has 0 unspecified atom stereocenters. The van der Waals surface area contributed by atoms with Gasteiger partial charge in [0, 0.05) is 10.9 Å². The molecule has 0 radical (unpaired) electrons. The van der Waals surface area contributed by atoms with E-state index in [0.29, 0.717) is 12.3 Å². The number of sulfone groups is 1. The Balaban J connectivity index is 1.91. The molecule has 7 heteroatoms. The standard InChI is InChI=1S/C16H26N2O3S2/c1-12(2)9-14(15-5-4-7-22-15)17-16(19)10-18(3)13-6-8-23(20,21)11-13/h4-5,7,12-14H,6,8-11H2,1-3H3,(H,17,19)/t13-,14-/m1/s1. The van der Waals surface area contributed by atoms with Gasteiger partial charge in [-0.15, -0.1) is 11.3 Å². The molecular formula is C16H26N2O3S2. The molecule has 5 nitrogen and oxygen atoms in total. The zero-order valence-corrected chi connectivity index (χ0v) is 15.6. The van der Waals surface area contributed by atoms with E-state index in [2.05, 4.69) is 19.2 Å². The van der Waals surface area contributed by atoms with Crippen molar-refractivity contribution in [3.8, 4) is 0 Å². The first-order valence-corrected chi connectivity index (χ1v) is 10.7. The van der Waals surface area contributed by atoms with Crippen LogP contribution in [0.5, 0.6) is 0 Å². The number of carbonyl (C=O) groups excluding carboxylic acids is 1. The lowest BCUT2D eigenvalue weighted by Gasteiger charge is -2.25. The van der Waals surface area contributed by atoms with Crippen molar-refractivity contribution in [2.24, 2.45) is 5.92 Å². The highest BCUT2D eigenvalue weighted by atomic mass is 32.2. The fourth-order valence-electron chi connectivity index (χ4n) is 2.93. The summed E-state index contributed by atoms with van der Waals surface area (Å²) in [7, 11) is -1.10. The van der Waals surface area contributed by atoms with E-state index >= 15 is 0 Å². The summed E-state index contributed by atoms with van der Waals surface area (Å²) in [6.07, 6.45) is 1.51. The minimum Gasteiger partial charge on any atom is -0.347 e. The highest BCUT2D eigenvalue weighted by Crippen LogP contribution is 2.25. The van der Waals surface area contributed by atoms with E-state index in [9.17, 15) is 13.2 Å². The van der Waals surface area contributed by atoms with E-state index in [0.717, 1.165) is 11.3 Å². The summed E-state index contributed by atoms with van der Waals surface area (Å²) in [5.74, 6) is 0.835. The quantitative estimate of drug-likeness (QED) is 0.810. The number of likely N-dealkylation sites (N-methyl/N-ethyl adjacent to an activating group) is 1. The molecule has 1 aromatic rings. The van der Waals surface area contributed by atoms with Crippen LogP contribution in [0.3, 0.4) is 0 Å². The number of nitrogens with one attached hydrogen (secondary N) is 1. The second-order valence-electron chi connectivity index (χ2n) is 6.74. The molecule has 1 aromatic heterocycles. The van der Waals surface area contributed by atoms with E-state index in [-0.39, 0.29) is 36.0 Å². The molecule has 1 amide bonds. The van der Waals surface area contributed by atoms with Crippen LogP contribution < -0.4 is 5.32 Å². The molecule has 1 N–H and O–H groups in total. The van der Waals surface area contributed by atoms with Gasteiger partial charge in [0.2, 0.25) is 5.91 Å². The molecule has 1 aliphatic rings. The Morgan fingerprint density at radius 3 is 2.74 bits per heavy atom. The topological polar surface area (TPSA) is 66.5 Å². The normalized spacial score (nSPS) is 21.7. The van der Waals surface area contributed by atoms with Gasteiger partial charge in [-0.25, -0.2) is 8.42 Å². The Hall–Kier alpha value is -0.920. The van der Waals surface area contributed by atoms with Crippen LogP contribution in [0.4, 0.5) is 0 Å². The SMILES string of the molecule is CC(C)C[C@@H](NC(=O)CN(C)[C@@H]1CCS(=O)(=O)C1)c1cccs1. The van der Waals surface area contributed by atoms with Crippen LogP contribution in [-0.4, -0.2) is 50.4 Å². The minimum atomic E-state index is -2.92. The predicted molar refractivity (Wildman–Crippen MR) is 94.3 cm³/mol. The maximum atomic E-state index is 12.4. The average molecular weight is 359 g/mol. The van der Waals surface area contributed by atoms with Gasteiger partial charge in [0.05, 0.1) is 24.1 Å². The molecule has 2 heterocycles. The molecule has 1 aliphatic heterocycles. The van der Waals surface area contributed by atoms with Crippen LogP contribution in [0, 0.1) is 5.92 Å². The van der Waals surface area contributed by atoms with Gasteiger partial charge in [-0.3, -0.25) is 9.69 Å². The fraction of sp³-hybridized carbons (Fsp3) is 0.688. The summed E-state index contributed by atoms with van der Waals surface area (Å²) in [5, 5.41) is 5.12. The first-order valence-electron chi connectivity index (χ1n) is 8.00. The molecule has 2 atom stereocenters. The average Bonchev–Trinajstić information content (AvgIpc) is 3.06. The molecule has 130 valence electrons. The van der Waals surface area contributed by atoms with Gasteiger partial charge in [-0.05, 0) is 37.3 Å². The molecule has 0 saturated carbocycles. The van der Waals surface area contributed by atoms with Gasteiger partial charge < -0.3 is 5.32 Å².